The fourth-order valence-corrected chi connectivity index (χ4v) is 2.99. The fourth-order valence-electron chi connectivity index (χ4n) is 1.58. The summed E-state index contributed by atoms with van der Waals surface area (Å²) in [5.74, 6) is -1.20. The van der Waals surface area contributed by atoms with E-state index in [-0.39, 0.29) is 12.3 Å². The van der Waals surface area contributed by atoms with Crippen LogP contribution in [0.3, 0.4) is 0 Å². The van der Waals surface area contributed by atoms with E-state index in [0.29, 0.717) is 5.17 Å². The van der Waals surface area contributed by atoms with E-state index in [9.17, 15) is 9.59 Å². The normalized spacial score (nSPS) is 21.2. The third-order valence-corrected chi connectivity index (χ3v) is 4.31. The quantitative estimate of drug-likeness (QED) is 0.915. The predicted molar refractivity (Wildman–Crippen MR) is 77.6 cm³/mol. The zero-order valence-corrected chi connectivity index (χ0v) is 12.4. The molecule has 0 aliphatic carbocycles. The van der Waals surface area contributed by atoms with Crippen LogP contribution in [0, 0.1) is 0 Å². The second-order valence-electron chi connectivity index (χ2n) is 3.97. The van der Waals surface area contributed by atoms with E-state index in [2.05, 4.69) is 20.9 Å². The molecule has 0 spiro atoms. The zero-order chi connectivity index (χ0) is 14.0. The van der Waals surface area contributed by atoms with Gasteiger partial charge in [-0.1, -0.05) is 27.7 Å². The van der Waals surface area contributed by atoms with E-state index in [0.717, 1.165) is 10.2 Å². The fraction of sp³-hybridized carbons (Fsp3) is 0.250. The van der Waals surface area contributed by atoms with Crippen LogP contribution in [0.5, 0.6) is 0 Å². The van der Waals surface area contributed by atoms with Gasteiger partial charge in [-0.2, -0.15) is 0 Å². The molecule has 100 valence electrons. The van der Waals surface area contributed by atoms with E-state index < -0.39 is 11.2 Å². The Morgan fingerprint density at radius 3 is 2.68 bits per heavy atom. The number of rotatable bonds is 3. The van der Waals surface area contributed by atoms with Crippen LogP contribution in [-0.4, -0.2) is 39.3 Å². The molecule has 0 saturated carbocycles. The Balaban J connectivity index is 2.19. The Hall–Kier alpha value is -1.34. The minimum Gasteiger partial charge on any atom is -0.481 e. The largest absolute Gasteiger partial charge is 0.481 e. The third kappa shape index (κ3) is 3.36. The van der Waals surface area contributed by atoms with Gasteiger partial charge in [0.15, 0.2) is 5.17 Å². The second-order valence-corrected chi connectivity index (χ2v) is 6.06. The highest BCUT2D eigenvalue weighted by Gasteiger charge is 2.36. The number of amidine groups is 1. The number of thioether (sulfide) groups is 1. The maximum atomic E-state index is 11.8. The predicted octanol–water partition coefficient (Wildman–Crippen LogP) is 2.49. The van der Waals surface area contributed by atoms with Gasteiger partial charge in [-0.25, -0.2) is 4.99 Å². The Kier molecular flexibility index (Phi) is 4.26. The minimum absolute atomic E-state index is 0.187. The number of carboxylic acids is 1. The van der Waals surface area contributed by atoms with Crippen molar-refractivity contribution in [3.05, 3.63) is 28.7 Å². The van der Waals surface area contributed by atoms with E-state index in [1.807, 2.05) is 24.3 Å². The molecular weight excluding hydrogens is 332 g/mol. The van der Waals surface area contributed by atoms with Crippen molar-refractivity contribution in [1.82, 2.24) is 4.90 Å². The molecule has 1 aliphatic rings. The van der Waals surface area contributed by atoms with Crippen molar-refractivity contribution in [2.75, 3.05) is 7.05 Å². The standard InChI is InChI=1S/C12H11BrN2O3S/c1-15-11(18)9(6-10(16)17)19-12(15)14-8-4-2-7(13)3-5-8/h2-5,9H,6H2,1H3,(H,16,17)/t9-/m0/s1. The summed E-state index contributed by atoms with van der Waals surface area (Å²) >= 11 is 4.52. The Morgan fingerprint density at radius 2 is 2.11 bits per heavy atom. The first-order valence-corrected chi connectivity index (χ1v) is 7.15. The van der Waals surface area contributed by atoms with Gasteiger partial charge in [0.05, 0.1) is 12.1 Å². The lowest BCUT2D eigenvalue weighted by atomic mass is 10.3. The van der Waals surface area contributed by atoms with Gasteiger partial charge in [0.1, 0.15) is 5.25 Å². The van der Waals surface area contributed by atoms with Crippen LogP contribution in [0.25, 0.3) is 0 Å². The molecule has 1 amide bonds. The SMILES string of the molecule is CN1C(=O)[C@H](CC(=O)O)SC1=Nc1ccc(Br)cc1. The molecule has 0 radical (unpaired) electrons. The molecule has 7 heteroatoms. The first-order chi connectivity index (χ1) is 8.97. The highest BCUT2D eigenvalue weighted by Crippen LogP contribution is 2.30. The molecule has 19 heavy (non-hydrogen) atoms. The van der Waals surface area contributed by atoms with E-state index in [1.165, 1.54) is 16.7 Å². The van der Waals surface area contributed by atoms with Crippen molar-refractivity contribution in [2.45, 2.75) is 11.7 Å². The van der Waals surface area contributed by atoms with Crippen molar-refractivity contribution in [2.24, 2.45) is 4.99 Å². The molecule has 1 N–H and O–H groups in total. The monoisotopic (exact) mass is 342 g/mol. The second kappa shape index (κ2) is 5.75. The Bertz CT molecular complexity index is 544. The van der Waals surface area contributed by atoms with E-state index >= 15 is 0 Å². The Morgan fingerprint density at radius 1 is 1.47 bits per heavy atom. The Labute approximate surface area is 122 Å². The lowest BCUT2D eigenvalue weighted by Crippen LogP contribution is -2.28. The first-order valence-electron chi connectivity index (χ1n) is 5.47. The number of aliphatic carboxylic acids is 1. The molecule has 0 bridgehead atoms. The molecule has 1 aromatic carbocycles. The molecule has 0 aromatic heterocycles. The van der Waals surface area contributed by atoms with Gasteiger partial charge in [0, 0.05) is 11.5 Å². The van der Waals surface area contributed by atoms with E-state index in [1.54, 1.807) is 7.05 Å². The molecule has 2 rings (SSSR count). The number of hydrogen-bond acceptors (Lipinski definition) is 4. The summed E-state index contributed by atoms with van der Waals surface area (Å²) in [7, 11) is 1.61. The molecule has 1 atom stereocenters. The van der Waals surface area contributed by atoms with Crippen LogP contribution in [-0.2, 0) is 9.59 Å². The topological polar surface area (TPSA) is 70.0 Å². The van der Waals surface area contributed by atoms with Gasteiger partial charge < -0.3 is 5.11 Å². The number of aliphatic imine (C=N–C) groups is 1. The van der Waals surface area contributed by atoms with Gasteiger partial charge in [-0.15, -0.1) is 0 Å². The summed E-state index contributed by atoms with van der Waals surface area (Å²) < 4.78 is 0.948. The van der Waals surface area contributed by atoms with Crippen LogP contribution in [0.15, 0.2) is 33.7 Å². The maximum absolute atomic E-state index is 11.8. The van der Waals surface area contributed by atoms with Gasteiger partial charge >= 0.3 is 5.97 Å². The van der Waals surface area contributed by atoms with E-state index in [4.69, 9.17) is 5.11 Å². The molecule has 1 fully saturated rings. The average Bonchev–Trinajstić information content (AvgIpc) is 2.60. The number of carboxylic acid groups (broad SMARTS) is 1. The molecule has 1 aliphatic heterocycles. The van der Waals surface area contributed by atoms with Gasteiger partial charge in [0.2, 0.25) is 5.91 Å². The highest BCUT2D eigenvalue weighted by molar-refractivity contribution is 9.10. The molecule has 1 heterocycles. The summed E-state index contributed by atoms with van der Waals surface area (Å²) in [6.07, 6.45) is -0.187. The van der Waals surface area contributed by atoms with Crippen molar-refractivity contribution >= 4 is 50.4 Å². The number of benzene rings is 1. The first kappa shape index (κ1) is 14.1. The zero-order valence-electron chi connectivity index (χ0n) is 10.0. The van der Waals surface area contributed by atoms with Crippen molar-refractivity contribution in [1.29, 1.82) is 0 Å². The van der Waals surface area contributed by atoms with Crippen molar-refractivity contribution in [3.63, 3.8) is 0 Å². The van der Waals surface area contributed by atoms with Crippen LogP contribution < -0.4 is 0 Å². The summed E-state index contributed by atoms with van der Waals surface area (Å²) in [6, 6.07) is 7.35. The van der Waals surface area contributed by atoms with Crippen LogP contribution >= 0.6 is 27.7 Å². The number of carbonyl (C=O) groups excluding carboxylic acids is 1. The summed E-state index contributed by atoms with van der Waals surface area (Å²) in [6.45, 7) is 0. The van der Waals surface area contributed by atoms with Gasteiger partial charge in [-0.3, -0.25) is 14.5 Å². The third-order valence-electron chi connectivity index (χ3n) is 2.55. The van der Waals surface area contributed by atoms with Gasteiger partial charge in [0.25, 0.3) is 0 Å². The van der Waals surface area contributed by atoms with Crippen LogP contribution in [0.2, 0.25) is 0 Å². The van der Waals surface area contributed by atoms with Crippen LogP contribution in [0.4, 0.5) is 5.69 Å². The maximum Gasteiger partial charge on any atom is 0.305 e. The number of amides is 1. The average molecular weight is 343 g/mol. The number of hydrogen-bond donors (Lipinski definition) is 1. The summed E-state index contributed by atoms with van der Waals surface area (Å²) in [5, 5.41) is 8.70. The van der Waals surface area contributed by atoms with Crippen molar-refractivity contribution in [3.8, 4) is 0 Å². The van der Waals surface area contributed by atoms with Crippen LogP contribution in [0.1, 0.15) is 6.42 Å². The number of halogens is 1. The summed E-state index contributed by atoms with van der Waals surface area (Å²) in [5.41, 5.74) is 0.723. The highest BCUT2D eigenvalue weighted by atomic mass is 79.9. The molecule has 1 aromatic rings. The van der Waals surface area contributed by atoms with Gasteiger partial charge in [-0.05, 0) is 24.3 Å². The molecule has 1 saturated heterocycles. The molecule has 5 nitrogen and oxygen atoms in total. The smallest absolute Gasteiger partial charge is 0.305 e. The lowest BCUT2D eigenvalue weighted by Gasteiger charge is -2.08. The lowest BCUT2D eigenvalue weighted by molar-refractivity contribution is -0.139. The van der Waals surface area contributed by atoms with Crippen molar-refractivity contribution < 1.29 is 14.7 Å². The summed E-state index contributed by atoms with van der Waals surface area (Å²) in [4.78, 5) is 28.3. The molecular formula is C12H11BrN2O3S. The number of nitrogens with zero attached hydrogens (tertiary/aromatic N) is 2. The molecule has 0 unspecified atom stereocenters. The minimum atomic E-state index is -0.982. The number of carbonyl (C=O) groups is 2.